The van der Waals surface area contributed by atoms with Crippen LogP contribution in [0.3, 0.4) is 0 Å². The lowest BCUT2D eigenvalue weighted by Crippen LogP contribution is -2.52. The first-order chi connectivity index (χ1) is 9.72. The van der Waals surface area contributed by atoms with Crippen molar-refractivity contribution in [1.29, 1.82) is 0 Å². The Balaban J connectivity index is 2.66. The van der Waals surface area contributed by atoms with Gasteiger partial charge in [0.05, 0.1) is 23.8 Å². The molecule has 1 saturated heterocycles. The van der Waals surface area contributed by atoms with Crippen molar-refractivity contribution in [3.63, 3.8) is 0 Å². The minimum atomic E-state index is -3.26. The van der Waals surface area contributed by atoms with Gasteiger partial charge in [0.2, 0.25) is 15.9 Å². The number of hydrogen-bond donors (Lipinski definition) is 2. The van der Waals surface area contributed by atoms with Crippen molar-refractivity contribution in [2.75, 3.05) is 25.4 Å². The van der Waals surface area contributed by atoms with Crippen molar-refractivity contribution >= 4 is 15.9 Å². The number of carbonyl (C=O) groups excluding carboxylic acids is 1. The highest BCUT2D eigenvalue weighted by atomic mass is 32.2. The Hall–Kier alpha value is -0.660. The number of unbranched alkanes of at least 4 members (excludes halogenated alkanes) is 1. The molecule has 0 aromatic carbocycles. The Labute approximate surface area is 128 Å². The standard InChI is InChI=1S/C14H28N2O4S/c1-4-5-9-21(19,20)16-8-6-7-12(10-16)13(18)15-14(2,3)11-17/h12,17H,4-11H2,1-3H3,(H,15,18). The molecule has 6 nitrogen and oxygen atoms in total. The first-order valence-electron chi connectivity index (χ1n) is 7.62. The van der Waals surface area contributed by atoms with Crippen LogP contribution in [0.15, 0.2) is 0 Å². The van der Waals surface area contributed by atoms with Gasteiger partial charge in [-0.1, -0.05) is 13.3 Å². The van der Waals surface area contributed by atoms with Crippen LogP contribution in [0.5, 0.6) is 0 Å². The molecule has 0 spiro atoms. The van der Waals surface area contributed by atoms with Gasteiger partial charge in [-0.3, -0.25) is 4.79 Å². The molecular formula is C14H28N2O4S. The predicted octanol–water partition coefficient (Wildman–Crippen LogP) is 0.715. The summed E-state index contributed by atoms with van der Waals surface area (Å²) in [4.78, 5) is 12.2. The van der Waals surface area contributed by atoms with Gasteiger partial charge in [0.15, 0.2) is 0 Å². The largest absolute Gasteiger partial charge is 0.394 e. The van der Waals surface area contributed by atoms with E-state index in [4.69, 9.17) is 0 Å². The van der Waals surface area contributed by atoms with Crippen LogP contribution in [-0.4, -0.2) is 54.7 Å². The van der Waals surface area contributed by atoms with Gasteiger partial charge < -0.3 is 10.4 Å². The quantitative estimate of drug-likeness (QED) is 0.723. The zero-order chi connectivity index (χ0) is 16.1. The summed E-state index contributed by atoms with van der Waals surface area (Å²) in [5.41, 5.74) is -0.680. The van der Waals surface area contributed by atoms with Gasteiger partial charge in [-0.05, 0) is 33.1 Å². The molecule has 124 valence electrons. The molecule has 1 rings (SSSR count). The number of carbonyl (C=O) groups is 1. The highest BCUT2D eigenvalue weighted by molar-refractivity contribution is 7.89. The summed E-state index contributed by atoms with van der Waals surface area (Å²) in [6.45, 7) is 6.04. The van der Waals surface area contributed by atoms with Gasteiger partial charge in [-0.2, -0.15) is 0 Å². The molecule has 0 bridgehead atoms. The molecule has 0 radical (unpaired) electrons. The van der Waals surface area contributed by atoms with Gasteiger partial charge in [-0.15, -0.1) is 0 Å². The van der Waals surface area contributed by atoms with Crippen molar-refractivity contribution < 1.29 is 18.3 Å². The lowest BCUT2D eigenvalue weighted by Gasteiger charge is -2.33. The van der Waals surface area contributed by atoms with Gasteiger partial charge in [-0.25, -0.2) is 12.7 Å². The average molecular weight is 320 g/mol. The molecule has 1 unspecified atom stereocenters. The zero-order valence-corrected chi connectivity index (χ0v) is 14.1. The molecule has 0 aromatic rings. The van der Waals surface area contributed by atoms with E-state index in [-0.39, 0.29) is 30.7 Å². The molecule has 1 aliphatic heterocycles. The zero-order valence-electron chi connectivity index (χ0n) is 13.3. The fraction of sp³-hybridized carbons (Fsp3) is 0.929. The fourth-order valence-corrected chi connectivity index (χ4v) is 4.07. The third kappa shape index (κ3) is 5.56. The van der Waals surface area contributed by atoms with Crippen molar-refractivity contribution in [2.24, 2.45) is 5.92 Å². The van der Waals surface area contributed by atoms with Gasteiger partial charge >= 0.3 is 0 Å². The molecule has 1 atom stereocenters. The second kappa shape index (κ2) is 7.56. The Kier molecular flexibility index (Phi) is 6.62. The smallest absolute Gasteiger partial charge is 0.224 e. The van der Waals surface area contributed by atoms with Crippen LogP contribution >= 0.6 is 0 Å². The molecule has 1 aliphatic rings. The third-order valence-corrected chi connectivity index (χ3v) is 5.68. The molecule has 1 amide bonds. The van der Waals surface area contributed by atoms with Crippen LogP contribution in [-0.2, 0) is 14.8 Å². The van der Waals surface area contributed by atoms with Crippen LogP contribution in [0.4, 0.5) is 0 Å². The maximum Gasteiger partial charge on any atom is 0.224 e. The molecule has 7 heteroatoms. The number of amides is 1. The van der Waals surface area contributed by atoms with E-state index in [1.807, 2.05) is 6.92 Å². The van der Waals surface area contributed by atoms with E-state index in [9.17, 15) is 18.3 Å². The lowest BCUT2D eigenvalue weighted by atomic mass is 9.97. The normalized spacial score (nSPS) is 21.2. The van der Waals surface area contributed by atoms with E-state index in [0.29, 0.717) is 25.8 Å². The number of hydrogen-bond acceptors (Lipinski definition) is 4. The minimum Gasteiger partial charge on any atom is -0.394 e. The number of aliphatic hydroxyl groups excluding tert-OH is 1. The summed E-state index contributed by atoms with van der Waals surface area (Å²) >= 11 is 0. The van der Waals surface area contributed by atoms with Crippen molar-refractivity contribution in [3.05, 3.63) is 0 Å². The third-order valence-electron chi connectivity index (χ3n) is 3.76. The monoisotopic (exact) mass is 320 g/mol. The summed E-state index contributed by atoms with van der Waals surface area (Å²) in [5, 5.41) is 12.0. The summed E-state index contributed by atoms with van der Waals surface area (Å²) in [6.07, 6.45) is 2.87. The number of sulfonamides is 1. The number of nitrogens with one attached hydrogen (secondary N) is 1. The van der Waals surface area contributed by atoms with E-state index in [0.717, 1.165) is 6.42 Å². The Morgan fingerprint density at radius 1 is 1.43 bits per heavy atom. The van der Waals surface area contributed by atoms with Crippen molar-refractivity contribution in [3.8, 4) is 0 Å². The van der Waals surface area contributed by atoms with Gasteiger partial charge in [0.25, 0.3) is 0 Å². The molecule has 1 fully saturated rings. The molecule has 0 aliphatic carbocycles. The van der Waals surface area contributed by atoms with Gasteiger partial charge in [0, 0.05) is 13.1 Å². The lowest BCUT2D eigenvalue weighted by molar-refractivity contribution is -0.128. The van der Waals surface area contributed by atoms with E-state index < -0.39 is 15.6 Å². The molecule has 2 N–H and O–H groups in total. The number of piperidine rings is 1. The van der Waals surface area contributed by atoms with Gasteiger partial charge in [0.1, 0.15) is 0 Å². The topological polar surface area (TPSA) is 86.7 Å². The fourth-order valence-electron chi connectivity index (χ4n) is 2.34. The average Bonchev–Trinajstić information content (AvgIpc) is 2.45. The van der Waals surface area contributed by atoms with Crippen LogP contribution < -0.4 is 5.32 Å². The van der Waals surface area contributed by atoms with E-state index in [1.165, 1.54) is 4.31 Å². The highest BCUT2D eigenvalue weighted by Crippen LogP contribution is 2.21. The molecular weight excluding hydrogens is 292 g/mol. The molecule has 0 aromatic heterocycles. The number of aliphatic hydroxyl groups is 1. The van der Waals surface area contributed by atoms with E-state index >= 15 is 0 Å². The predicted molar refractivity (Wildman–Crippen MR) is 82.3 cm³/mol. The van der Waals surface area contributed by atoms with Crippen LogP contribution in [0.25, 0.3) is 0 Å². The number of rotatable bonds is 7. The second-order valence-electron chi connectivity index (χ2n) is 6.40. The first kappa shape index (κ1) is 18.4. The Morgan fingerprint density at radius 3 is 2.67 bits per heavy atom. The summed E-state index contributed by atoms with van der Waals surface area (Å²) in [6, 6.07) is 0. The molecule has 1 heterocycles. The maximum atomic E-state index is 12.2. The Morgan fingerprint density at radius 2 is 2.10 bits per heavy atom. The Bertz CT molecular complexity index is 448. The highest BCUT2D eigenvalue weighted by Gasteiger charge is 2.33. The molecule has 0 saturated carbocycles. The van der Waals surface area contributed by atoms with Crippen LogP contribution in [0, 0.1) is 5.92 Å². The van der Waals surface area contributed by atoms with E-state index in [2.05, 4.69) is 5.32 Å². The maximum absolute atomic E-state index is 12.2. The summed E-state index contributed by atoms with van der Waals surface area (Å²) < 4.78 is 25.9. The van der Waals surface area contributed by atoms with E-state index in [1.54, 1.807) is 13.8 Å². The van der Waals surface area contributed by atoms with Crippen molar-refractivity contribution in [1.82, 2.24) is 9.62 Å². The van der Waals surface area contributed by atoms with Crippen LogP contribution in [0.2, 0.25) is 0 Å². The summed E-state index contributed by atoms with van der Waals surface area (Å²) in [7, 11) is -3.26. The summed E-state index contributed by atoms with van der Waals surface area (Å²) in [5.74, 6) is -0.356. The number of nitrogens with zero attached hydrogens (tertiary/aromatic N) is 1. The van der Waals surface area contributed by atoms with Crippen molar-refractivity contribution in [2.45, 2.75) is 52.0 Å². The molecule has 21 heavy (non-hydrogen) atoms. The minimum absolute atomic E-state index is 0.149. The SMILES string of the molecule is CCCCS(=O)(=O)N1CCCC(C(=O)NC(C)(C)CO)C1. The first-order valence-corrected chi connectivity index (χ1v) is 9.23. The second-order valence-corrected chi connectivity index (χ2v) is 8.49. The van der Waals surface area contributed by atoms with Crippen LogP contribution in [0.1, 0.15) is 46.5 Å².